The summed E-state index contributed by atoms with van der Waals surface area (Å²) >= 11 is 0. The lowest BCUT2D eigenvalue weighted by molar-refractivity contribution is 0.249. The first-order valence-electron chi connectivity index (χ1n) is 5.84. The molecule has 7 nitrogen and oxygen atoms in total. The summed E-state index contributed by atoms with van der Waals surface area (Å²) < 4.78 is 1.41. The first-order chi connectivity index (χ1) is 9.43. The van der Waals surface area contributed by atoms with E-state index in [1.807, 2.05) is 5.43 Å². The third-order valence-corrected chi connectivity index (χ3v) is 2.97. The molecule has 0 aliphatic heterocycles. The molecule has 0 saturated heterocycles. The fourth-order valence-corrected chi connectivity index (χ4v) is 2.00. The summed E-state index contributed by atoms with van der Waals surface area (Å²) in [6, 6.07) is 6.11. The van der Waals surface area contributed by atoms with Crippen molar-refractivity contribution in [2.45, 2.75) is 6.92 Å². The fraction of sp³-hybridized carbons (Fsp3) is 0.154. The van der Waals surface area contributed by atoms with Gasteiger partial charge in [-0.25, -0.2) is 10.2 Å². The molecule has 1 aromatic heterocycles. The molecule has 104 valence electrons. The van der Waals surface area contributed by atoms with Crippen molar-refractivity contribution >= 4 is 22.6 Å². The molecule has 0 aliphatic carbocycles. The van der Waals surface area contributed by atoms with Crippen LogP contribution in [0.4, 0.5) is 4.79 Å². The summed E-state index contributed by atoms with van der Waals surface area (Å²) in [6.07, 6.45) is 0. The Balaban J connectivity index is 2.74. The van der Waals surface area contributed by atoms with E-state index in [-0.39, 0.29) is 17.0 Å². The second-order valence-corrected chi connectivity index (χ2v) is 4.28. The number of aryl methyl sites for hydroxylation is 1. The average Bonchev–Trinajstić information content (AvgIpc) is 2.43. The van der Waals surface area contributed by atoms with Gasteiger partial charge >= 0.3 is 6.03 Å². The average molecular weight is 274 g/mol. The number of urea groups is 1. The maximum Gasteiger partial charge on any atom is 0.332 e. The molecular formula is C13H14N4O3. The van der Waals surface area contributed by atoms with Gasteiger partial charge < -0.3 is 15.4 Å². The molecule has 0 bridgehead atoms. The van der Waals surface area contributed by atoms with E-state index in [2.05, 4.69) is 5.10 Å². The second kappa shape index (κ2) is 5.04. The lowest BCUT2D eigenvalue weighted by atomic mass is 10.1. The van der Waals surface area contributed by atoms with Gasteiger partial charge in [0.15, 0.2) is 0 Å². The molecule has 2 amide bonds. The van der Waals surface area contributed by atoms with Crippen LogP contribution < -0.4 is 16.7 Å². The molecule has 2 aromatic rings. The maximum atomic E-state index is 12.3. The molecule has 20 heavy (non-hydrogen) atoms. The number of fused-ring (bicyclic) bond motifs is 1. The number of primary amides is 1. The van der Waals surface area contributed by atoms with E-state index in [0.29, 0.717) is 10.9 Å². The monoisotopic (exact) mass is 274 g/mol. The number of hydrogen-bond acceptors (Lipinski definition) is 4. The molecule has 0 spiro atoms. The smallest absolute Gasteiger partial charge is 0.332 e. The second-order valence-electron chi connectivity index (χ2n) is 4.28. The van der Waals surface area contributed by atoms with Gasteiger partial charge in [-0.2, -0.15) is 5.10 Å². The van der Waals surface area contributed by atoms with Crippen LogP contribution in [0.2, 0.25) is 0 Å². The molecule has 0 atom stereocenters. The molecule has 0 saturated carbocycles. The zero-order valence-electron chi connectivity index (χ0n) is 11.0. The van der Waals surface area contributed by atoms with Gasteiger partial charge in [0.05, 0.1) is 11.2 Å². The van der Waals surface area contributed by atoms with Gasteiger partial charge in [0.2, 0.25) is 0 Å². The summed E-state index contributed by atoms with van der Waals surface area (Å²) in [7, 11) is 1.60. The minimum Gasteiger partial charge on any atom is -0.506 e. The zero-order valence-corrected chi connectivity index (χ0v) is 11.0. The molecule has 1 aromatic carbocycles. The van der Waals surface area contributed by atoms with Gasteiger partial charge in [0.1, 0.15) is 11.3 Å². The summed E-state index contributed by atoms with van der Waals surface area (Å²) in [5.74, 6) is -0.170. The largest absolute Gasteiger partial charge is 0.506 e. The Labute approximate surface area is 114 Å². The summed E-state index contributed by atoms with van der Waals surface area (Å²) in [6.45, 7) is 1.50. The van der Waals surface area contributed by atoms with E-state index in [4.69, 9.17) is 5.73 Å². The van der Waals surface area contributed by atoms with E-state index in [1.54, 1.807) is 31.3 Å². The van der Waals surface area contributed by atoms with Gasteiger partial charge in [-0.3, -0.25) is 4.79 Å². The normalized spacial score (nSPS) is 11.6. The van der Waals surface area contributed by atoms with Crippen molar-refractivity contribution in [2.75, 3.05) is 0 Å². The van der Waals surface area contributed by atoms with Crippen LogP contribution in [0, 0.1) is 0 Å². The third-order valence-electron chi connectivity index (χ3n) is 2.97. The Morgan fingerprint density at radius 3 is 2.70 bits per heavy atom. The van der Waals surface area contributed by atoms with E-state index < -0.39 is 11.6 Å². The molecule has 0 aliphatic rings. The Hall–Kier alpha value is -2.83. The zero-order chi connectivity index (χ0) is 14.9. The number of nitrogens with two attached hydrogens (primary N) is 1. The highest BCUT2D eigenvalue weighted by Crippen LogP contribution is 2.25. The molecular weight excluding hydrogens is 260 g/mol. The quantitative estimate of drug-likeness (QED) is 0.552. The summed E-state index contributed by atoms with van der Waals surface area (Å²) in [5, 5.41) is 14.5. The Morgan fingerprint density at radius 2 is 2.05 bits per heavy atom. The van der Waals surface area contributed by atoms with E-state index >= 15 is 0 Å². The van der Waals surface area contributed by atoms with Gasteiger partial charge in [-0.1, -0.05) is 12.1 Å². The third kappa shape index (κ3) is 2.20. The van der Waals surface area contributed by atoms with Crippen LogP contribution in [0.5, 0.6) is 5.75 Å². The van der Waals surface area contributed by atoms with Crippen LogP contribution in [-0.4, -0.2) is 21.4 Å². The van der Waals surface area contributed by atoms with Crippen LogP contribution >= 0.6 is 0 Å². The van der Waals surface area contributed by atoms with Crippen molar-refractivity contribution in [3.63, 3.8) is 0 Å². The molecule has 0 radical (unpaired) electrons. The first-order valence-corrected chi connectivity index (χ1v) is 5.84. The first kappa shape index (κ1) is 13.6. The lowest BCUT2D eigenvalue weighted by Gasteiger charge is -2.11. The Bertz CT molecular complexity index is 777. The van der Waals surface area contributed by atoms with Crippen LogP contribution in [0.25, 0.3) is 10.9 Å². The van der Waals surface area contributed by atoms with Crippen molar-refractivity contribution in [1.82, 2.24) is 9.99 Å². The topological polar surface area (TPSA) is 110 Å². The van der Waals surface area contributed by atoms with Crippen LogP contribution in [-0.2, 0) is 7.05 Å². The minimum atomic E-state index is -0.846. The standard InChI is InChI=1S/C13H14N4O3/c1-7(15-16-13(14)20)10-11(18)8-5-3-4-6-9(8)17(2)12(10)19/h3-6,18H,1-2H3,(H3,14,16,20)/b15-7-. The molecule has 7 heteroatoms. The number of nitrogens with one attached hydrogen (secondary N) is 1. The molecule has 1 heterocycles. The highest BCUT2D eigenvalue weighted by Gasteiger charge is 2.16. The van der Waals surface area contributed by atoms with Crippen LogP contribution in [0.3, 0.4) is 0 Å². The number of para-hydroxylation sites is 1. The van der Waals surface area contributed by atoms with Crippen molar-refractivity contribution in [1.29, 1.82) is 0 Å². The molecule has 0 unspecified atom stereocenters. The van der Waals surface area contributed by atoms with Gasteiger partial charge in [0.25, 0.3) is 5.56 Å². The van der Waals surface area contributed by atoms with Crippen LogP contribution in [0.1, 0.15) is 12.5 Å². The van der Waals surface area contributed by atoms with Crippen molar-refractivity contribution < 1.29 is 9.90 Å². The Kier molecular flexibility index (Phi) is 3.43. The number of aromatic nitrogens is 1. The fourth-order valence-electron chi connectivity index (χ4n) is 2.00. The number of benzene rings is 1. The SMILES string of the molecule is C/C(=N/NC(N)=O)c1c(O)c2ccccc2n(C)c1=O. The van der Waals surface area contributed by atoms with Gasteiger partial charge in [-0.15, -0.1) is 0 Å². The van der Waals surface area contributed by atoms with Gasteiger partial charge in [0, 0.05) is 12.4 Å². The number of carbonyl (C=O) groups excluding carboxylic acids is 1. The number of amides is 2. The summed E-state index contributed by atoms with van der Waals surface area (Å²) in [4.78, 5) is 22.9. The lowest BCUT2D eigenvalue weighted by Crippen LogP contribution is -2.28. The highest BCUT2D eigenvalue weighted by molar-refractivity contribution is 6.05. The summed E-state index contributed by atoms with van der Waals surface area (Å²) in [5.41, 5.74) is 7.34. The van der Waals surface area contributed by atoms with E-state index in [0.717, 1.165) is 0 Å². The number of hydrogen-bond donors (Lipinski definition) is 3. The number of nitrogens with zero attached hydrogens (tertiary/aromatic N) is 2. The predicted octanol–water partition coefficient (Wildman–Crippen LogP) is 0.636. The van der Waals surface area contributed by atoms with Crippen molar-refractivity contribution in [2.24, 2.45) is 17.9 Å². The maximum absolute atomic E-state index is 12.3. The molecule has 2 rings (SSSR count). The van der Waals surface area contributed by atoms with Crippen molar-refractivity contribution in [3.8, 4) is 5.75 Å². The number of pyridine rings is 1. The minimum absolute atomic E-state index is 0.0277. The number of hydrazone groups is 1. The van der Waals surface area contributed by atoms with Gasteiger partial charge in [-0.05, 0) is 19.1 Å². The van der Waals surface area contributed by atoms with E-state index in [1.165, 1.54) is 11.5 Å². The Morgan fingerprint density at radius 1 is 1.40 bits per heavy atom. The highest BCUT2D eigenvalue weighted by atomic mass is 16.3. The molecule has 4 N–H and O–H groups in total. The number of rotatable bonds is 2. The van der Waals surface area contributed by atoms with E-state index in [9.17, 15) is 14.7 Å². The predicted molar refractivity (Wildman–Crippen MR) is 75.8 cm³/mol. The molecule has 0 fully saturated rings. The number of carbonyl (C=O) groups is 1. The van der Waals surface area contributed by atoms with Crippen molar-refractivity contribution in [3.05, 3.63) is 40.2 Å². The van der Waals surface area contributed by atoms with Crippen LogP contribution in [0.15, 0.2) is 34.2 Å². The number of aromatic hydroxyl groups is 1.